The summed E-state index contributed by atoms with van der Waals surface area (Å²) in [6.07, 6.45) is 2.14. The second-order valence-corrected chi connectivity index (χ2v) is 11.2. The number of piperazine rings is 1. The Morgan fingerprint density at radius 2 is 1.82 bits per heavy atom. The highest BCUT2D eigenvalue weighted by Crippen LogP contribution is 2.31. The molecule has 6 rings (SSSR count). The van der Waals surface area contributed by atoms with Gasteiger partial charge in [0.2, 0.25) is 0 Å². The van der Waals surface area contributed by atoms with Crippen molar-refractivity contribution < 1.29 is 4.74 Å². The average molecular weight is 528 g/mol. The molecule has 204 valence electrons. The van der Waals surface area contributed by atoms with Crippen molar-refractivity contribution in [2.45, 2.75) is 59.2 Å². The second kappa shape index (κ2) is 10.5. The maximum atomic E-state index is 13.7. The molecule has 2 aromatic carbocycles. The van der Waals surface area contributed by atoms with Gasteiger partial charge < -0.3 is 14.6 Å². The van der Waals surface area contributed by atoms with Gasteiger partial charge >= 0.3 is 0 Å². The third-order valence-electron chi connectivity index (χ3n) is 8.23. The molecule has 2 atom stereocenters. The van der Waals surface area contributed by atoms with Crippen molar-refractivity contribution in [1.29, 1.82) is 0 Å². The number of aryl methyl sites for hydroxylation is 4. The Morgan fingerprint density at radius 3 is 2.59 bits per heavy atom. The van der Waals surface area contributed by atoms with E-state index in [2.05, 4.69) is 88.3 Å². The predicted molar refractivity (Wildman–Crippen MR) is 152 cm³/mol. The Labute approximate surface area is 228 Å². The first-order chi connectivity index (χ1) is 18.9. The molecule has 1 N–H and O–H groups in total. The highest BCUT2D eigenvalue weighted by molar-refractivity contribution is 5.83. The van der Waals surface area contributed by atoms with E-state index < -0.39 is 0 Å². The molecular weight excluding hydrogens is 490 g/mol. The molecule has 2 aliphatic heterocycles. The number of anilines is 1. The molecule has 0 amide bonds. The van der Waals surface area contributed by atoms with E-state index in [1.54, 1.807) is 0 Å². The van der Waals surface area contributed by atoms with Crippen molar-refractivity contribution in [2.24, 2.45) is 0 Å². The Hall–Kier alpha value is -3.56. The minimum absolute atomic E-state index is 0.0918. The molecule has 2 aliphatic rings. The molecule has 0 aliphatic carbocycles. The monoisotopic (exact) mass is 527 g/mol. The zero-order valence-electron chi connectivity index (χ0n) is 23.3. The Balaban J connectivity index is 1.38. The normalized spacial score (nSPS) is 19.2. The summed E-state index contributed by atoms with van der Waals surface area (Å²) in [5.41, 5.74) is 7.53. The van der Waals surface area contributed by atoms with E-state index in [-0.39, 0.29) is 17.7 Å². The number of hydrogen-bond donors (Lipinski definition) is 1. The summed E-state index contributed by atoms with van der Waals surface area (Å²) in [5, 5.41) is 14.0. The number of fused-ring (bicyclic) bond motifs is 1. The Morgan fingerprint density at radius 1 is 1.00 bits per heavy atom. The van der Waals surface area contributed by atoms with Gasteiger partial charge in [0.15, 0.2) is 5.82 Å². The van der Waals surface area contributed by atoms with Gasteiger partial charge in [-0.1, -0.05) is 18.2 Å². The first-order valence-corrected chi connectivity index (χ1v) is 14.0. The topological polar surface area (TPSA) is 92.2 Å². The average Bonchev–Trinajstić information content (AvgIpc) is 3.59. The van der Waals surface area contributed by atoms with Gasteiger partial charge in [-0.25, -0.2) is 4.68 Å². The van der Waals surface area contributed by atoms with Gasteiger partial charge in [0.05, 0.1) is 12.6 Å². The maximum absolute atomic E-state index is 13.7. The molecule has 2 fully saturated rings. The molecule has 4 aromatic rings. The molecular formula is C30H37N7O2. The standard InChI is InChI=1S/C30H37N7O2/c1-19-7-8-21(3)27(16-19)35-9-11-36(12-10-35)28(29-32-33-34-37(29)18-23-6-5-13-39-23)25-17-24-22(4)14-20(2)15-26(24)31-30(25)38/h7-8,14-17,23,28H,5-6,9-13,18H2,1-4H3,(H,31,38)/t23-,28-/m0/s1. The second-order valence-electron chi connectivity index (χ2n) is 11.2. The molecule has 2 aromatic heterocycles. The number of nitrogens with one attached hydrogen (secondary N) is 1. The summed E-state index contributed by atoms with van der Waals surface area (Å²) in [6.45, 7) is 13.1. The smallest absolute Gasteiger partial charge is 0.253 e. The number of aromatic amines is 1. The minimum atomic E-state index is -0.365. The van der Waals surface area contributed by atoms with Crippen LogP contribution < -0.4 is 10.5 Å². The van der Waals surface area contributed by atoms with Crippen molar-refractivity contribution >= 4 is 16.6 Å². The van der Waals surface area contributed by atoms with E-state index in [4.69, 9.17) is 4.74 Å². The Kier molecular flexibility index (Phi) is 6.95. The summed E-state index contributed by atoms with van der Waals surface area (Å²) in [6, 6.07) is 12.5. The fourth-order valence-corrected chi connectivity index (χ4v) is 6.19. The lowest BCUT2D eigenvalue weighted by molar-refractivity contribution is 0.0906. The number of ether oxygens (including phenoxy) is 1. The zero-order valence-corrected chi connectivity index (χ0v) is 23.3. The predicted octanol–water partition coefficient (Wildman–Crippen LogP) is 3.84. The van der Waals surface area contributed by atoms with Crippen molar-refractivity contribution in [3.05, 3.63) is 80.4 Å². The van der Waals surface area contributed by atoms with Gasteiger partial charge in [-0.05, 0) is 91.4 Å². The van der Waals surface area contributed by atoms with Gasteiger partial charge in [-0.3, -0.25) is 9.69 Å². The van der Waals surface area contributed by atoms with Crippen LogP contribution in [-0.4, -0.2) is 69.0 Å². The summed E-state index contributed by atoms with van der Waals surface area (Å²) < 4.78 is 7.75. The summed E-state index contributed by atoms with van der Waals surface area (Å²) in [7, 11) is 0. The van der Waals surface area contributed by atoms with Crippen molar-refractivity contribution in [3.8, 4) is 0 Å². The molecule has 0 spiro atoms. The molecule has 0 saturated carbocycles. The number of nitrogens with zero attached hydrogens (tertiary/aromatic N) is 6. The summed E-state index contributed by atoms with van der Waals surface area (Å²) in [4.78, 5) is 21.6. The molecule has 0 bridgehead atoms. The molecule has 4 heterocycles. The van der Waals surface area contributed by atoms with Crippen LogP contribution in [0.1, 0.15) is 52.5 Å². The first kappa shape index (κ1) is 25.7. The van der Waals surface area contributed by atoms with E-state index in [1.807, 2.05) is 10.7 Å². The SMILES string of the molecule is Cc1ccc(C)c(N2CCN([C@@H](c3cc4c(C)cc(C)cc4[nH]c3=O)c3nnnn3C[C@@H]3CCCO3)CC2)c1. The number of rotatable bonds is 6. The fraction of sp³-hybridized carbons (Fsp3) is 0.467. The molecule has 39 heavy (non-hydrogen) atoms. The van der Waals surface area contributed by atoms with Gasteiger partial charge in [0.1, 0.15) is 6.04 Å². The van der Waals surface area contributed by atoms with Crippen molar-refractivity contribution in [1.82, 2.24) is 30.1 Å². The minimum Gasteiger partial charge on any atom is -0.376 e. The van der Waals surface area contributed by atoms with E-state index in [0.717, 1.165) is 67.7 Å². The van der Waals surface area contributed by atoms with Gasteiger partial charge in [0, 0.05) is 54.9 Å². The molecule has 9 heteroatoms. The molecule has 0 unspecified atom stereocenters. The van der Waals surface area contributed by atoms with Crippen LogP contribution in [0.25, 0.3) is 10.9 Å². The highest BCUT2D eigenvalue weighted by Gasteiger charge is 2.34. The van der Waals surface area contributed by atoms with Gasteiger partial charge in [-0.15, -0.1) is 5.10 Å². The van der Waals surface area contributed by atoms with Crippen LogP contribution in [-0.2, 0) is 11.3 Å². The molecule has 2 saturated heterocycles. The van der Waals surface area contributed by atoms with Crippen LogP contribution in [0.15, 0.2) is 41.2 Å². The Bertz CT molecular complexity index is 1540. The number of tetrazole rings is 1. The lowest BCUT2D eigenvalue weighted by atomic mass is 9.99. The van der Waals surface area contributed by atoms with E-state index in [9.17, 15) is 4.79 Å². The third kappa shape index (κ3) is 5.08. The lowest BCUT2D eigenvalue weighted by Crippen LogP contribution is -2.49. The maximum Gasteiger partial charge on any atom is 0.253 e. The zero-order chi connectivity index (χ0) is 27.1. The summed E-state index contributed by atoms with van der Waals surface area (Å²) in [5.74, 6) is 0.695. The van der Waals surface area contributed by atoms with Crippen LogP contribution in [0.4, 0.5) is 5.69 Å². The van der Waals surface area contributed by atoms with Crippen LogP contribution in [0, 0.1) is 27.7 Å². The number of aromatic nitrogens is 5. The van der Waals surface area contributed by atoms with Crippen LogP contribution in [0.2, 0.25) is 0 Å². The highest BCUT2D eigenvalue weighted by atomic mass is 16.5. The fourth-order valence-electron chi connectivity index (χ4n) is 6.19. The molecule has 9 nitrogen and oxygen atoms in total. The van der Waals surface area contributed by atoms with Crippen LogP contribution in [0.3, 0.4) is 0 Å². The van der Waals surface area contributed by atoms with Crippen molar-refractivity contribution in [3.63, 3.8) is 0 Å². The summed E-state index contributed by atoms with van der Waals surface area (Å²) >= 11 is 0. The van der Waals surface area contributed by atoms with E-state index >= 15 is 0 Å². The number of pyridine rings is 1. The van der Waals surface area contributed by atoms with Gasteiger partial charge in [0.25, 0.3) is 5.56 Å². The van der Waals surface area contributed by atoms with Gasteiger partial charge in [-0.2, -0.15) is 0 Å². The number of hydrogen-bond acceptors (Lipinski definition) is 7. The third-order valence-corrected chi connectivity index (χ3v) is 8.23. The largest absolute Gasteiger partial charge is 0.376 e. The van der Waals surface area contributed by atoms with Crippen molar-refractivity contribution in [2.75, 3.05) is 37.7 Å². The lowest BCUT2D eigenvalue weighted by Gasteiger charge is -2.40. The van der Waals surface area contributed by atoms with E-state index in [0.29, 0.717) is 17.9 Å². The van der Waals surface area contributed by atoms with Crippen LogP contribution in [0.5, 0.6) is 0 Å². The van der Waals surface area contributed by atoms with Crippen LogP contribution >= 0.6 is 0 Å². The number of benzene rings is 2. The van der Waals surface area contributed by atoms with E-state index in [1.165, 1.54) is 16.8 Å². The molecule has 0 radical (unpaired) electrons. The number of H-pyrrole nitrogens is 1. The first-order valence-electron chi connectivity index (χ1n) is 14.0. The quantitative estimate of drug-likeness (QED) is 0.407.